The number of hydrogen-bond donors (Lipinski definition) is 1. The SMILES string of the molecule is Cn1nnc2cc(NCC34CC3CN(C(=O)OC(C)(C)C)C4)ccc21. The molecule has 134 valence electrons. The second-order valence-corrected chi connectivity index (χ2v) is 8.39. The average Bonchev–Trinajstić information content (AvgIpc) is 2.89. The molecule has 1 aromatic heterocycles. The van der Waals surface area contributed by atoms with Crippen molar-refractivity contribution in [1.29, 1.82) is 0 Å². The van der Waals surface area contributed by atoms with E-state index in [2.05, 4.69) is 21.7 Å². The lowest BCUT2D eigenvalue weighted by atomic mass is 10.1. The third-order valence-electron chi connectivity index (χ3n) is 5.21. The summed E-state index contributed by atoms with van der Waals surface area (Å²) < 4.78 is 7.27. The van der Waals surface area contributed by atoms with E-state index in [1.165, 1.54) is 6.42 Å². The third kappa shape index (κ3) is 3.03. The van der Waals surface area contributed by atoms with Crippen molar-refractivity contribution in [3.8, 4) is 0 Å². The van der Waals surface area contributed by atoms with Crippen molar-refractivity contribution >= 4 is 22.8 Å². The maximum absolute atomic E-state index is 12.3. The van der Waals surface area contributed by atoms with Crippen molar-refractivity contribution < 1.29 is 9.53 Å². The Kier molecular flexibility index (Phi) is 3.46. The van der Waals surface area contributed by atoms with Gasteiger partial charge in [-0.05, 0) is 51.3 Å². The van der Waals surface area contributed by atoms with Gasteiger partial charge < -0.3 is 15.0 Å². The molecule has 1 N–H and O–H groups in total. The number of nitrogens with zero attached hydrogens (tertiary/aromatic N) is 4. The van der Waals surface area contributed by atoms with Gasteiger partial charge in [-0.25, -0.2) is 9.48 Å². The number of rotatable bonds is 3. The summed E-state index contributed by atoms with van der Waals surface area (Å²) in [6, 6.07) is 6.11. The van der Waals surface area contributed by atoms with Crippen molar-refractivity contribution in [1.82, 2.24) is 19.9 Å². The lowest BCUT2D eigenvalue weighted by Crippen LogP contribution is -2.38. The maximum atomic E-state index is 12.3. The van der Waals surface area contributed by atoms with Gasteiger partial charge in [0, 0.05) is 37.8 Å². The van der Waals surface area contributed by atoms with Gasteiger partial charge in [0.1, 0.15) is 11.1 Å². The summed E-state index contributed by atoms with van der Waals surface area (Å²) in [5, 5.41) is 11.7. The molecule has 1 saturated carbocycles. The Hall–Kier alpha value is -2.31. The van der Waals surface area contributed by atoms with Crippen molar-refractivity contribution in [2.45, 2.75) is 32.8 Å². The molecular weight excluding hydrogens is 318 g/mol. The Bertz CT molecular complexity index is 824. The van der Waals surface area contributed by atoms with Crippen LogP contribution in [0.15, 0.2) is 18.2 Å². The van der Waals surface area contributed by atoms with Crippen LogP contribution in [0.25, 0.3) is 11.0 Å². The quantitative estimate of drug-likeness (QED) is 0.927. The topological polar surface area (TPSA) is 72.3 Å². The molecule has 2 aliphatic rings. The van der Waals surface area contributed by atoms with E-state index in [1.807, 2.05) is 44.9 Å². The second kappa shape index (κ2) is 5.34. The van der Waals surface area contributed by atoms with Crippen molar-refractivity contribution in [3.05, 3.63) is 18.2 Å². The minimum Gasteiger partial charge on any atom is -0.444 e. The van der Waals surface area contributed by atoms with Crippen molar-refractivity contribution in [3.63, 3.8) is 0 Å². The summed E-state index contributed by atoms with van der Waals surface area (Å²) >= 11 is 0. The van der Waals surface area contributed by atoms with Crippen LogP contribution in [0.3, 0.4) is 0 Å². The molecule has 4 rings (SSSR count). The number of fused-ring (bicyclic) bond motifs is 2. The fourth-order valence-corrected chi connectivity index (χ4v) is 3.76. The van der Waals surface area contributed by atoms with Gasteiger partial charge in [0.05, 0.1) is 5.52 Å². The van der Waals surface area contributed by atoms with E-state index in [0.717, 1.165) is 36.4 Å². The summed E-state index contributed by atoms with van der Waals surface area (Å²) in [6.07, 6.45) is 0.979. The predicted molar refractivity (Wildman–Crippen MR) is 95.3 cm³/mol. The second-order valence-electron chi connectivity index (χ2n) is 8.39. The number of benzene rings is 1. The first-order valence-electron chi connectivity index (χ1n) is 8.77. The lowest BCUT2D eigenvalue weighted by Gasteiger charge is -2.26. The molecule has 1 aromatic carbocycles. The average molecular weight is 343 g/mol. The summed E-state index contributed by atoms with van der Waals surface area (Å²) in [7, 11) is 1.89. The molecule has 1 amide bonds. The van der Waals surface area contributed by atoms with Gasteiger partial charge in [-0.15, -0.1) is 5.10 Å². The monoisotopic (exact) mass is 343 g/mol. The Morgan fingerprint density at radius 1 is 1.44 bits per heavy atom. The molecular formula is C18H25N5O2. The molecule has 1 aliphatic heterocycles. The van der Waals surface area contributed by atoms with Crippen LogP contribution in [0.1, 0.15) is 27.2 Å². The smallest absolute Gasteiger partial charge is 0.410 e. The van der Waals surface area contributed by atoms with Crippen LogP contribution in [-0.2, 0) is 11.8 Å². The van der Waals surface area contributed by atoms with Crippen LogP contribution in [0.2, 0.25) is 0 Å². The number of aryl methyl sites for hydroxylation is 1. The molecule has 1 saturated heterocycles. The molecule has 2 atom stereocenters. The summed E-state index contributed by atoms with van der Waals surface area (Å²) in [6.45, 7) is 8.15. The molecule has 25 heavy (non-hydrogen) atoms. The first-order chi connectivity index (χ1) is 11.8. The molecule has 2 fully saturated rings. The normalized spacial score (nSPS) is 25.1. The van der Waals surface area contributed by atoms with Crippen LogP contribution in [0.5, 0.6) is 0 Å². The lowest BCUT2D eigenvalue weighted by molar-refractivity contribution is 0.0263. The summed E-state index contributed by atoms with van der Waals surface area (Å²) in [5.74, 6) is 0.577. The molecule has 0 spiro atoms. The minimum atomic E-state index is -0.443. The Morgan fingerprint density at radius 3 is 3.00 bits per heavy atom. The molecule has 7 heteroatoms. The Balaban J connectivity index is 1.38. The van der Waals surface area contributed by atoms with Gasteiger partial charge in [0.2, 0.25) is 0 Å². The third-order valence-corrected chi connectivity index (χ3v) is 5.21. The van der Waals surface area contributed by atoms with E-state index >= 15 is 0 Å². The molecule has 2 aromatic rings. The van der Waals surface area contributed by atoms with Crippen LogP contribution >= 0.6 is 0 Å². The van der Waals surface area contributed by atoms with E-state index in [1.54, 1.807) is 4.68 Å². The number of anilines is 1. The van der Waals surface area contributed by atoms with E-state index in [-0.39, 0.29) is 11.5 Å². The number of piperidine rings is 1. The predicted octanol–water partition coefficient (Wildman–Crippen LogP) is 2.64. The maximum Gasteiger partial charge on any atom is 0.410 e. The van der Waals surface area contributed by atoms with Crippen LogP contribution < -0.4 is 5.32 Å². The van der Waals surface area contributed by atoms with Gasteiger partial charge in [0.25, 0.3) is 0 Å². The Labute approximate surface area is 147 Å². The highest BCUT2D eigenvalue weighted by molar-refractivity contribution is 5.78. The fourth-order valence-electron chi connectivity index (χ4n) is 3.76. The number of carbonyl (C=O) groups is 1. The fraction of sp³-hybridized carbons (Fsp3) is 0.611. The molecule has 1 aliphatic carbocycles. The first kappa shape index (κ1) is 16.2. The molecule has 2 heterocycles. The number of hydrogen-bond acceptors (Lipinski definition) is 5. The summed E-state index contributed by atoms with van der Waals surface area (Å²) in [5.41, 5.74) is 2.70. The van der Waals surface area contributed by atoms with Gasteiger partial charge >= 0.3 is 6.09 Å². The van der Waals surface area contributed by atoms with Gasteiger partial charge in [-0.3, -0.25) is 0 Å². The first-order valence-corrected chi connectivity index (χ1v) is 8.77. The van der Waals surface area contributed by atoms with Crippen LogP contribution in [-0.4, -0.2) is 51.2 Å². The Morgan fingerprint density at radius 2 is 2.24 bits per heavy atom. The van der Waals surface area contributed by atoms with Crippen LogP contribution in [0.4, 0.5) is 10.5 Å². The molecule has 0 radical (unpaired) electrons. The highest BCUT2D eigenvalue weighted by Gasteiger charge is 2.60. The summed E-state index contributed by atoms with van der Waals surface area (Å²) in [4.78, 5) is 14.1. The highest BCUT2D eigenvalue weighted by Crippen LogP contribution is 2.57. The minimum absolute atomic E-state index is 0.189. The molecule has 7 nitrogen and oxygen atoms in total. The van der Waals surface area contributed by atoms with Gasteiger partial charge in [-0.1, -0.05) is 5.21 Å². The number of ether oxygens (including phenoxy) is 1. The van der Waals surface area contributed by atoms with E-state index in [4.69, 9.17) is 4.74 Å². The number of likely N-dealkylation sites (tertiary alicyclic amines) is 1. The number of amides is 1. The zero-order valence-electron chi connectivity index (χ0n) is 15.2. The van der Waals surface area contributed by atoms with E-state index < -0.39 is 5.60 Å². The standard InChI is InChI=1S/C18H25N5O2/c1-17(2,3)25-16(24)23-9-12-8-18(12,11-23)10-19-13-5-6-15-14(7-13)20-21-22(15)4/h5-7,12,19H,8-11H2,1-4H3. The van der Waals surface area contributed by atoms with Crippen molar-refractivity contribution in [2.24, 2.45) is 18.4 Å². The number of carbonyl (C=O) groups excluding carboxylic acids is 1. The largest absolute Gasteiger partial charge is 0.444 e. The number of aromatic nitrogens is 3. The van der Waals surface area contributed by atoms with Crippen molar-refractivity contribution in [2.75, 3.05) is 25.0 Å². The zero-order chi connectivity index (χ0) is 17.8. The van der Waals surface area contributed by atoms with Gasteiger partial charge in [-0.2, -0.15) is 0 Å². The van der Waals surface area contributed by atoms with E-state index in [0.29, 0.717) is 5.92 Å². The zero-order valence-corrected chi connectivity index (χ0v) is 15.2. The molecule has 0 bridgehead atoms. The number of nitrogens with one attached hydrogen (secondary N) is 1. The van der Waals surface area contributed by atoms with Gasteiger partial charge in [0.15, 0.2) is 0 Å². The molecule has 2 unspecified atom stereocenters. The van der Waals surface area contributed by atoms with E-state index in [9.17, 15) is 4.79 Å². The van der Waals surface area contributed by atoms with Crippen LogP contribution in [0, 0.1) is 11.3 Å². The highest BCUT2D eigenvalue weighted by atomic mass is 16.6.